The number of thioether (sulfide) groups is 1. The summed E-state index contributed by atoms with van der Waals surface area (Å²) in [5.74, 6) is 2.64. The van der Waals surface area contributed by atoms with E-state index in [1.165, 1.54) is 22.2 Å². The number of Topliss-reactive ketones (excluding diaryl/α,β-unsaturated/α-hetero) is 1. The van der Waals surface area contributed by atoms with E-state index < -0.39 is 0 Å². The summed E-state index contributed by atoms with van der Waals surface area (Å²) in [5.41, 5.74) is 2.59. The lowest BCUT2D eigenvalue weighted by atomic mass is 10.1. The fourth-order valence-corrected chi connectivity index (χ4v) is 5.52. The Balaban J connectivity index is 1.48. The van der Waals surface area contributed by atoms with E-state index in [1.54, 1.807) is 29.5 Å². The van der Waals surface area contributed by atoms with Crippen molar-refractivity contribution in [1.29, 1.82) is 0 Å². The summed E-state index contributed by atoms with van der Waals surface area (Å²) < 4.78 is 13.1. The number of carbonyl (C=O) groups is 1. The number of nitrogens with zero attached hydrogens (tertiary/aromatic N) is 4. The van der Waals surface area contributed by atoms with Crippen LogP contribution in [0.5, 0.6) is 11.5 Å². The van der Waals surface area contributed by atoms with E-state index in [0.29, 0.717) is 35.4 Å². The second-order valence-corrected chi connectivity index (χ2v) is 9.95. The molecule has 9 heteroatoms. The van der Waals surface area contributed by atoms with Crippen LogP contribution in [-0.4, -0.2) is 44.3 Å². The number of carbonyl (C=O) groups excluding carboxylic acids is 1. The third-order valence-electron chi connectivity index (χ3n) is 5.38. The molecule has 31 heavy (non-hydrogen) atoms. The third kappa shape index (κ3) is 3.45. The number of ketones is 1. The van der Waals surface area contributed by atoms with Gasteiger partial charge in [0, 0.05) is 16.4 Å². The van der Waals surface area contributed by atoms with Gasteiger partial charge in [0.25, 0.3) is 0 Å². The van der Waals surface area contributed by atoms with E-state index in [0.717, 1.165) is 21.7 Å². The van der Waals surface area contributed by atoms with Crippen LogP contribution in [0.2, 0.25) is 0 Å². The van der Waals surface area contributed by atoms with Crippen molar-refractivity contribution in [3.63, 3.8) is 0 Å². The SMILES string of the molecule is Cc1sc2nc(C(C)C)n3c(SCC(=O)c4ccc5c(c4)OCCO5)nnc3c2c1C. The summed E-state index contributed by atoms with van der Waals surface area (Å²) in [4.78, 5) is 20.0. The molecule has 160 valence electrons. The zero-order valence-electron chi connectivity index (χ0n) is 17.8. The summed E-state index contributed by atoms with van der Waals surface area (Å²) in [6.07, 6.45) is 0. The fraction of sp³-hybridized carbons (Fsp3) is 0.364. The first-order valence-corrected chi connectivity index (χ1v) is 11.9. The second kappa shape index (κ2) is 7.80. The Bertz CT molecular complexity index is 1330. The van der Waals surface area contributed by atoms with E-state index in [2.05, 4.69) is 37.9 Å². The number of hydrogen-bond donors (Lipinski definition) is 0. The number of hydrogen-bond acceptors (Lipinski definition) is 8. The zero-order valence-corrected chi connectivity index (χ0v) is 19.4. The number of thiophene rings is 1. The van der Waals surface area contributed by atoms with E-state index in [-0.39, 0.29) is 17.5 Å². The van der Waals surface area contributed by atoms with Gasteiger partial charge in [0.05, 0.1) is 11.1 Å². The van der Waals surface area contributed by atoms with Gasteiger partial charge in [-0.15, -0.1) is 21.5 Å². The quantitative estimate of drug-likeness (QED) is 0.316. The average molecular weight is 455 g/mol. The van der Waals surface area contributed by atoms with Crippen LogP contribution in [0.25, 0.3) is 15.9 Å². The molecule has 1 aromatic carbocycles. The number of ether oxygens (including phenoxy) is 2. The summed E-state index contributed by atoms with van der Waals surface area (Å²) >= 11 is 3.07. The largest absolute Gasteiger partial charge is 0.486 e. The maximum absolute atomic E-state index is 12.9. The van der Waals surface area contributed by atoms with Gasteiger partial charge in [-0.3, -0.25) is 9.20 Å². The lowest BCUT2D eigenvalue weighted by Gasteiger charge is -2.18. The number of fused-ring (bicyclic) bond motifs is 4. The Morgan fingerprint density at radius 2 is 1.97 bits per heavy atom. The van der Waals surface area contributed by atoms with Crippen LogP contribution >= 0.6 is 23.1 Å². The first kappa shape index (κ1) is 20.3. The van der Waals surface area contributed by atoms with Gasteiger partial charge in [-0.25, -0.2) is 4.98 Å². The predicted octanol–water partition coefficient (Wildman–Crippen LogP) is 4.83. The van der Waals surface area contributed by atoms with Crippen molar-refractivity contribution >= 4 is 44.7 Å². The fourth-order valence-electron chi connectivity index (χ4n) is 3.65. The predicted molar refractivity (Wildman–Crippen MR) is 122 cm³/mol. The zero-order chi connectivity index (χ0) is 21.7. The molecule has 1 aliphatic rings. The summed E-state index contributed by atoms with van der Waals surface area (Å²) in [5, 5.41) is 10.6. The first-order valence-electron chi connectivity index (χ1n) is 10.1. The van der Waals surface area contributed by atoms with Crippen LogP contribution in [0.15, 0.2) is 23.4 Å². The molecule has 0 saturated heterocycles. The van der Waals surface area contributed by atoms with E-state index >= 15 is 0 Å². The Labute approximate surface area is 187 Å². The van der Waals surface area contributed by atoms with Crippen molar-refractivity contribution in [2.45, 2.75) is 38.8 Å². The highest BCUT2D eigenvalue weighted by Crippen LogP contribution is 2.35. The van der Waals surface area contributed by atoms with Crippen molar-refractivity contribution in [2.75, 3.05) is 19.0 Å². The second-order valence-electron chi connectivity index (χ2n) is 7.80. The topological polar surface area (TPSA) is 78.6 Å². The van der Waals surface area contributed by atoms with Crippen LogP contribution in [0, 0.1) is 13.8 Å². The van der Waals surface area contributed by atoms with Crippen LogP contribution in [-0.2, 0) is 0 Å². The molecular weight excluding hydrogens is 432 g/mol. The van der Waals surface area contributed by atoms with E-state index in [4.69, 9.17) is 14.5 Å². The van der Waals surface area contributed by atoms with Crippen molar-refractivity contribution in [3.8, 4) is 11.5 Å². The number of aromatic nitrogens is 4. The number of benzene rings is 1. The normalized spacial score (nSPS) is 13.5. The molecule has 0 N–H and O–H groups in total. The molecular formula is C22H22N4O3S2. The van der Waals surface area contributed by atoms with E-state index in [1.807, 2.05) is 4.40 Å². The maximum atomic E-state index is 12.9. The highest BCUT2D eigenvalue weighted by Gasteiger charge is 2.22. The van der Waals surface area contributed by atoms with Crippen molar-refractivity contribution in [1.82, 2.24) is 19.6 Å². The summed E-state index contributed by atoms with van der Waals surface area (Å²) in [7, 11) is 0. The van der Waals surface area contributed by atoms with Crippen LogP contribution in [0.1, 0.15) is 46.4 Å². The van der Waals surface area contributed by atoms with Gasteiger partial charge < -0.3 is 9.47 Å². The lowest BCUT2D eigenvalue weighted by Crippen LogP contribution is -2.16. The van der Waals surface area contributed by atoms with Crippen LogP contribution in [0.4, 0.5) is 0 Å². The Kier molecular flexibility index (Phi) is 5.10. The molecule has 5 rings (SSSR count). The molecule has 0 radical (unpaired) electrons. The first-order chi connectivity index (χ1) is 14.9. The standard InChI is InChI=1S/C22H22N4O3S2/c1-11(2)19-23-21-18(12(3)13(4)31-21)20-24-25-22(26(19)20)30-10-15(27)14-5-6-16-17(9-14)29-8-7-28-16/h5-6,9,11H,7-8,10H2,1-4H3. The molecule has 0 fully saturated rings. The minimum atomic E-state index is 0.00131. The molecule has 0 amide bonds. The van der Waals surface area contributed by atoms with Gasteiger partial charge in [-0.2, -0.15) is 0 Å². The molecule has 0 aliphatic carbocycles. The van der Waals surface area contributed by atoms with Gasteiger partial charge in [0.15, 0.2) is 28.1 Å². The lowest BCUT2D eigenvalue weighted by molar-refractivity contribution is 0.102. The van der Waals surface area contributed by atoms with Gasteiger partial charge in [-0.1, -0.05) is 25.6 Å². The summed E-state index contributed by atoms with van der Waals surface area (Å²) in [6, 6.07) is 5.32. The maximum Gasteiger partial charge on any atom is 0.197 e. The molecule has 4 heterocycles. The Hall–Kier alpha value is -2.65. The average Bonchev–Trinajstić information content (AvgIpc) is 3.31. The Morgan fingerprint density at radius 3 is 2.74 bits per heavy atom. The number of aryl methyl sites for hydroxylation is 2. The highest BCUT2D eigenvalue weighted by atomic mass is 32.2. The minimum Gasteiger partial charge on any atom is -0.486 e. The van der Waals surface area contributed by atoms with Crippen LogP contribution < -0.4 is 9.47 Å². The van der Waals surface area contributed by atoms with Crippen molar-refractivity contribution < 1.29 is 14.3 Å². The molecule has 0 spiro atoms. The molecule has 0 saturated carbocycles. The molecule has 0 atom stereocenters. The van der Waals surface area contributed by atoms with E-state index in [9.17, 15) is 4.79 Å². The Morgan fingerprint density at radius 1 is 1.19 bits per heavy atom. The van der Waals surface area contributed by atoms with Crippen molar-refractivity contribution in [2.24, 2.45) is 0 Å². The van der Waals surface area contributed by atoms with Gasteiger partial charge in [-0.05, 0) is 37.6 Å². The smallest absolute Gasteiger partial charge is 0.197 e. The molecule has 7 nitrogen and oxygen atoms in total. The minimum absolute atomic E-state index is 0.00131. The molecule has 3 aromatic heterocycles. The third-order valence-corrected chi connectivity index (χ3v) is 7.41. The molecule has 0 unspecified atom stereocenters. The number of rotatable bonds is 5. The van der Waals surface area contributed by atoms with Crippen molar-refractivity contribution in [3.05, 3.63) is 40.0 Å². The molecule has 1 aliphatic heterocycles. The molecule has 0 bridgehead atoms. The highest BCUT2D eigenvalue weighted by molar-refractivity contribution is 7.99. The van der Waals surface area contributed by atoms with Gasteiger partial charge in [0.1, 0.15) is 23.9 Å². The van der Waals surface area contributed by atoms with Crippen LogP contribution in [0.3, 0.4) is 0 Å². The monoisotopic (exact) mass is 454 g/mol. The molecule has 4 aromatic rings. The van der Waals surface area contributed by atoms with Gasteiger partial charge in [0.2, 0.25) is 0 Å². The van der Waals surface area contributed by atoms with Gasteiger partial charge >= 0.3 is 0 Å². The summed E-state index contributed by atoms with van der Waals surface area (Å²) in [6.45, 7) is 9.43.